The fourth-order valence-corrected chi connectivity index (χ4v) is 3.14. The highest BCUT2D eigenvalue weighted by Crippen LogP contribution is 2.24. The molecule has 2 heterocycles. The fourth-order valence-electron chi connectivity index (χ4n) is 2.97. The molecule has 1 aromatic rings. The van der Waals surface area contributed by atoms with Crippen molar-refractivity contribution in [3.8, 4) is 0 Å². The van der Waals surface area contributed by atoms with Crippen LogP contribution < -0.4 is 10.2 Å². The Labute approximate surface area is 132 Å². The summed E-state index contributed by atoms with van der Waals surface area (Å²) in [5.41, 5.74) is 1.15. The van der Waals surface area contributed by atoms with Crippen molar-refractivity contribution in [2.24, 2.45) is 0 Å². The molecule has 0 aromatic carbocycles. The summed E-state index contributed by atoms with van der Waals surface area (Å²) in [6.45, 7) is 3.08. The molecule has 1 aliphatic heterocycles. The number of pyridine rings is 1. The van der Waals surface area contributed by atoms with Crippen LogP contribution in [0, 0.1) is 0 Å². The maximum Gasteiger partial charge on any atom is 0.128 e. The zero-order valence-electron chi connectivity index (χ0n) is 13.0. The topological polar surface area (TPSA) is 31.4 Å². The van der Waals surface area contributed by atoms with E-state index in [4.69, 9.17) is 11.6 Å². The quantitative estimate of drug-likeness (QED) is 0.875. The third-order valence-electron chi connectivity index (χ3n) is 4.63. The standard InChI is InChI=1S/C16H25ClN4/c1-20-7-3-4-14(20)11-21(2)16-8-12(15(17)10-19-16)9-18-13-5-6-13/h8,10,13-14,18H,3-7,9,11H2,1-2H3. The first-order chi connectivity index (χ1) is 10.1. The molecule has 1 atom stereocenters. The smallest absolute Gasteiger partial charge is 0.128 e. The van der Waals surface area contributed by atoms with Crippen molar-refractivity contribution in [3.05, 3.63) is 22.8 Å². The number of hydrogen-bond donors (Lipinski definition) is 1. The highest BCUT2D eigenvalue weighted by molar-refractivity contribution is 6.31. The molecule has 0 radical (unpaired) electrons. The fraction of sp³-hybridized carbons (Fsp3) is 0.688. The number of likely N-dealkylation sites (N-methyl/N-ethyl adjacent to an activating group) is 2. The van der Waals surface area contributed by atoms with Gasteiger partial charge in [0.2, 0.25) is 0 Å². The number of hydrogen-bond acceptors (Lipinski definition) is 4. The molecule has 1 aromatic heterocycles. The average molecular weight is 309 g/mol. The van der Waals surface area contributed by atoms with Crippen molar-refractivity contribution in [1.82, 2.24) is 15.2 Å². The van der Waals surface area contributed by atoms with Crippen LogP contribution in [0.2, 0.25) is 5.02 Å². The van der Waals surface area contributed by atoms with Crippen LogP contribution in [-0.2, 0) is 6.54 Å². The largest absolute Gasteiger partial charge is 0.358 e. The molecule has 3 rings (SSSR count). The maximum absolute atomic E-state index is 6.27. The van der Waals surface area contributed by atoms with Gasteiger partial charge in [0.05, 0.1) is 5.02 Å². The van der Waals surface area contributed by atoms with Gasteiger partial charge in [0.25, 0.3) is 0 Å². The SMILES string of the molecule is CN(CC1CCCN1C)c1cc(CNC2CC2)c(Cl)cn1. The van der Waals surface area contributed by atoms with Crippen LogP contribution in [-0.4, -0.2) is 49.2 Å². The first-order valence-electron chi connectivity index (χ1n) is 7.92. The summed E-state index contributed by atoms with van der Waals surface area (Å²) in [7, 11) is 4.34. The average Bonchev–Trinajstić information content (AvgIpc) is 3.22. The number of aromatic nitrogens is 1. The molecule has 1 unspecified atom stereocenters. The van der Waals surface area contributed by atoms with Crippen molar-refractivity contribution in [2.45, 2.75) is 44.3 Å². The van der Waals surface area contributed by atoms with Gasteiger partial charge in [-0.15, -0.1) is 0 Å². The molecule has 2 aliphatic rings. The molecule has 2 fully saturated rings. The maximum atomic E-state index is 6.27. The molecular weight excluding hydrogens is 284 g/mol. The van der Waals surface area contributed by atoms with Gasteiger partial charge in [-0.1, -0.05) is 11.6 Å². The number of halogens is 1. The van der Waals surface area contributed by atoms with E-state index in [0.29, 0.717) is 12.1 Å². The van der Waals surface area contributed by atoms with E-state index in [1.165, 1.54) is 32.2 Å². The first kappa shape index (κ1) is 15.1. The highest BCUT2D eigenvalue weighted by atomic mass is 35.5. The number of nitrogens with zero attached hydrogens (tertiary/aromatic N) is 3. The minimum atomic E-state index is 0.639. The van der Waals surface area contributed by atoms with Gasteiger partial charge >= 0.3 is 0 Å². The number of rotatable bonds is 6. The molecule has 1 saturated heterocycles. The van der Waals surface area contributed by atoms with Crippen LogP contribution in [0.1, 0.15) is 31.2 Å². The Balaban J connectivity index is 1.64. The summed E-state index contributed by atoms with van der Waals surface area (Å²) >= 11 is 6.27. The Hall–Kier alpha value is -0.840. The number of nitrogens with one attached hydrogen (secondary N) is 1. The summed E-state index contributed by atoms with van der Waals surface area (Å²) in [6, 6.07) is 3.47. The zero-order chi connectivity index (χ0) is 14.8. The minimum absolute atomic E-state index is 0.639. The van der Waals surface area contributed by atoms with E-state index in [0.717, 1.165) is 29.5 Å². The van der Waals surface area contributed by atoms with Crippen LogP contribution in [0.25, 0.3) is 0 Å². The molecule has 116 valence electrons. The third kappa shape index (κ3) is 3.87. The van der Waals surface area contributed by atoms with Crippen molar-refractivity contribution >= 4 is 17.4 Å². The Morgan fingerprint density at radius 1 is 1.43 bits per heavy atom. The lowest BCUT2D eigenvalue weighted by atomic mass is 10.2. The predicted molar refractivity (Wildman–Crippen MR) is 88.0 cm³/mol. The van der Waals surface area contributed by atoms with Crippen LogP contribution >= 0.6 is 11.6 Å². The second-order valence-electron chi connectivity index (χ2n) is 6.45. The van der Waals surface area contributed by atoms with Crippen LogP contribution in [0.15, 0.2) is 12.3 Å². The van der Waals surface area contributed by atoms with E-state index in [9.17, 15) is 0 Å². The van der Waals surface area contributed by atoms with Crippen molar-refractivity contribution in [2.75, 3.05) is 32.1 Å². The molecule has 0 bridgehead atoms. The molecule has 5 heteroatoms. The summed E-state index contributed by atoms with van der Waals surface area (Å²) < 4.78 is 0. The Bertz CT molecular complexity index is 489. The lowest BCUT2D eigenvalue weighted by Crippen LogP contribution is -2.37. The van der Waals surface area contributed by atoms with Gasteiger partial charge in [0.1, 0.15) is 5.82 Å². The molecule has 1 saturated carbocycles. The van der Waals surface area contributed by atoms with E-state index in [2.05, 4.69) is 40.3 Å². The Morgan fingerprint density at radius 2 is 2.24 bits per heavy atom. The number of likely N-dealkylation sites (tertiary alicyclic amines) is 1. The van der Waals surface area contributed by atoms with Gasteiger partial charge in [0, 0.05) is 38.4 Å². The zero-order valence-corrected chi connectivity index (χ0v) is 13.7. The van der Waals surface area contributed by atoms with Crippen LogP contribution in [0.4, 0.5) is 5.82 Å². The minimum Gasteiger partial charge on any atom is -0.358 e. The van der Waals surface area contributed by atoms with Crippen LogP contribution in [0.3, 0.4) is 0 Å². The van der Waals surface area contributed by atoms with E-state index < -0.39 is 0 Å². The summed E-state index contributed by atoms with van der Waals surface area (Å²) in [6.07, 6.45) is 6.97. The molecule has 4 nitrogen and oxygen atoms in total. The second kappa shape index (κ2) is 6.51. The first-order valence-corrected chi connectivity index (χ1v) is 8.30. The molecule has 21 heavy (non-hydrogen) atoms. The van der Waals surface area contributed by atoms with Gasteiger partial charge in [-0.3, -0.25) is 0 Å². The Kier molecular flexibility index (Phi) is 4.67. The molecular formula is C16H25ClN4. The molecule has 1 N–H and O–H groups in total. The van der Waals surface area contributed by atoms with E-state index in [1.54, 1.807) is 6.20 Å². The third-order valence-corrected chi connectivity index (χ3v) is 4.97. The van der Waals surface area contributed by atoms with Gasteiger partial charge in [-0.05, 0) is 50.9 Å². The van der Waals surface area contributed by atoms with Gasteiger partial charge < -0.3 is 15.1 Å². The molecule has 0 spiro atoms. The highest BCUT2D eigenvalue weighted by Gasteiger charge is 2.23. The molecule has 0 amide bonds. The van der Waals surface area contributed by atoms with Gasteiger partial charge in [-0.25, -0.2) is 4.98 Å². The van der Waals surface area contributed by atoms with Crippen molar-refractivity contribution in [3.63, 3.8) is 0 Å². The predicted octanol–water partition coefficient (Wildman–Crippen LogP) is 2.52. The van der Waals surface area contributed by atoms with Gasteiger partial charge in [0.15, 0.2) is 0 Å². The van der Waals surface area contributed by atoms with E-state index >= 15 is 0 Å². The number of anilines is 1. The summed E-state index contributed by atoms with van der Waals surface area (Å²) in [5, 5.41) is 4.28. The van der Waals surface area contributed by atoms with Crippen molar-refractivity contribution in [1.29, 1.82) is 0 Å². The van der Waals surface area contributed by atoms with Gasteiger partial charge in [-0.2, -0.15) is 0 Å². The summed E-state index contributed by atoms with van der Waals surface area (Å²) in [4.78, 5) is 9.20. The normalized spacial score (nSPS) is 22.7. The van der Waals surface area contributed by atoms with E-state index in [-0.39, 0.29) is 0 Å². The van der Waals surface area contributed by atoms with Crippen molar-refractivity contribution < 1.29 is 0 Å². The summed E-state index contributed by atoms with van der Waals surface area (Å²) in [5.74, 6) is 1.02. The lowest BCUT2D eigenvalue weighted by Gasteiger charge is -2.27. The Morgan fingerprint density at radius 3 is 2.90 bits per heavy atom. The van der Waals surface area contributed by atoms with E-state index in [1.807, 2.05) is 0 Å². The second-order valence-corrected chi connectivity index (χ2v) is 6.85. The monoisotopic (exact) mass is 308 g/mol. The lowest BCUT2D eigenvalue weighted by molar-refractivity contribution is 0.314. The van der Waals surface area contributed by atoms with Crippen LogP contribution in [0.5, 0.6) is 0 Å². The molecule has 1 aliphatic carbocycles.